The van der Waals surface area contributed by atoms with E-state index in [0.29, 0.717) is 26.4 Å². The Morgan fingerprint density at radius 3 is 2.52 bits per heavy atom. The number of rotatable bonds is 12. The maximum atomic E-state index is 5.71. The van der Waals surface area contributed by atoms with Gasteiger partial charge in [0.25, 0.3) is 0 Å². The summed E-state index contributed by atoms with van der Waals surface area (Å²) in [4.78, 5) is 0. The molecule has 1 rings (SSSR count). The molecule has 4 nitrogen and oxygen atoms in total. The smallest absolute Gasteiger partial charge is 0.124 e. The molecule has 1 aromatic rings. The van der Waals surface area contributed by atoms with Gasteiger partial charge in [0.15, 0.2) is 0 Å². The Kier molecular flexibility index (Phi) is 9.87. The minimum Gasteiger partial charge on any atom is -0.494 e. The molecule has 1 atom stereocenters. The number of hydrogen-bond donors (Lipinski definition) is 1. The number of unbranched alkanes of at least 4 members (excludes halogenated alkanes) is 1. The van der Waals surface area contributed by atoms with E-state index in [2.05, 4.69) is 18.3 Å². The van der Waals surface area contributed by atoms with Crippen molar-refractivity contribution in [2.45, 2.75) is 32.7 Å². The van der Waals surface area contributed by atoms with Crippen LogP contribution in [0.4, 0.5) is 0 Å². The molecule has 21 heavy (non-hydrogen) atoms. The maximum absolute atomic E-state index is 5.71. The molecule has 0 aliphatic rings. The van der Waals surface area contributed by atoms with E-state index in [1.54, 1.807) is 0 Å². The molecule has 120 valence electrons. The first-order chi connectivity index (χ1) is 10.3. The molecular weight excluding hydrogens is 266 g/mol. The molecule has 0 radical (unpaired) electrons. The van der Waals surface area contributed by atoms with Crippen molar-refractivity contribution >= 4 is 0 Å². The van der Waals surface area contributed by atoms with E-state index in [4.69, 9.17) is 14.2 Å². The van der Waals surface area contributed by atoms with E-state index >= 15 is 0 Å². The third-order valence-electron chi connectivity index (χ3n) is 3.24. The van der Waals surface area contributed by atoms with Crippen molar-refractivity contribution in [3.8, 4) is 5.75 Å². The Balaban J connectivity index is 2.37. The summed E-state index contributed by atoms with van der Waals surface area (Å²) in [6.45, 7) is 7.53. The number of benzene rings is 1. The van der Waals surface area contributed by atoms with Crippen LogP contribution < -0.4 is 10.1 Å². The fourth-order valence-electron chi connectivity index (χ4n) is 2.05. The molecule has 0 spiro atoms. The average Bonchev–Trinajstić information content (AvgIpc) is 2.51. The van der Waals surface area contributed by atoms with Crippen LogP contribution in [0.1, 0.15) is 38.3 Å². The first-order valence-electron chi connectivity index (χ1n) is 7.87. The van der Waals surface area contributed by atoms with Gasteiger partial charge in [-0.05, 0) is 26.5 Å². The highest BCUT2D eigenvalue weighted by Gasteiger charge is 2.14. The van der Waals surface area contributed by atoms with Crippen LogP contribution in [0.3, 0.4) is 0 Å². The maximum Gasteiger partial charge on any atom is 0.124 e. The topological polar surface area (TPSA) is 39.7 Å². The van der Waals surface area contributed by atoms with Crippen molar-refractivity contribution in [1.82, 2.24) is 5.32 Å². The largest absolute Gasteiger partial charge is 0.494 e. The quantitative estimate of drug-likeness (QED) is 0.601. The summed E-state index contributed by atoms with van der Waals surface area (Å²) < 4.78 is 16.9. The third kappa shape index (κ3) is 6.93. The lowest BCUT2D eigenvalue weighted by Gasteiger charge is -2.20. The van der Waals surface area contributed by atoms with Gasteiger partial charge in [0.05, 0.1) is 32.5 Å². The predicted molar refractivity (Wildman–Crippen MR) is 86.0 cm³/mol. The Labute approximate surface area is 128 Å². The standard InChI is InChI=1S/C17H29NO3/c1-4-6-11-19-12-13-20-14-16(18-3)15-9-7-8-10-17(15)21-5-2/h7-10,16,18H,4-6,11-14H2,1-3H3. The fourth-order valence-corrected chi connectivity index (χ4v) is 2.05. The van der Waals surface area contributed by atoms with Gasteiger partial charge in [-0.2, -0.15) is 0 Å². The number of hydrogen-bond acceptors (Lipinski definition) is 4. The number of ether oxygens (including phenoxy) is 3. The lowest BCUT2D eigenvalue weighted by Crippen LogP contribution is -2.23. The summed E-state index contributed by atoms with van der Waals surface area (Å²) in [5, 5.41) is 3.28. The molecule has 1 N–H and O–H groups in total. The summed E-state index contributed by atoms with van der Waals surface area (Å²) in [6.07, 6.45) is 2.28. The zero-order valence-electron chi connectivity index (χ0n) is 13.6. The van der Waals surface area contributed by atoms with Crippen molar-refractivity contribution in [1.29, 1.82) is 0 Å². The second kappa shape index (κ2) is 11.5. The van der Waals surface area contributed by atoms with E-state index in [1.807, 2.05) is 32.2 Å². The van der Waals surface area contributed by atoms with Gasteiger partial charge in [-0.3, -0.25) is 0 Å². The van der Waals surface area contributed by atoms with Crippen LogP contribution >= 0.6 is 0 Å². The van der Waals surface area contributed by atoms with Gasteiger partial charge in [-0.25, -0.2) is 0 Å². The molecule has 0 amide bonds. The van der Waals surface area contributed by atoms with Crippen LogP contribution in [-0.4, -0.2) is 40.1 Å². The van der Waals surface area contributed by atoms with Crippen molar-refractivity contribution in [2.24, 2.45) is 0 Å². The molecule has 0 fully saturated rings. The van der Waals surface area contributed by atoms with Crippen LogP contribution in [0, 0.1) is 0 Å². The van der Waals surface area contributed by atoms with Crippen LogP contribution in [0.2, 0.25) is 0 Å². The highest BCUT2D eigenvalue weighted by atomic mass is 16.5. The van der Waals surface area contributed by atoms with E-state index in [-0.39, 0.29) is 6.04 Å². The normalized spacial score (nSPS) is 12.3. The SMILES string of the molecule is CCCCOCCOCC(NC)c1ccccc1OCC. The molecule has 0 heterocycles. The lowest BCUT2D eigenvalue weighted by molar-refractivity contribution is 0.0385. The van der Waals surface area contributed by atoms with Gasteiger partial charge in [0.1, 0.15) is 5.75 Å². The molecule has 0 saturated carbocycles. The Hall–Kier alpha value is -1.10. The fraction of sp³-hybridized carbons (Fsp3) is 0.647. The molecule has 0 aliphatic heterocycles. The van der Waals surface area contributed by atoms with Gasteiger partial charge in [-0.1, -0.05) is 31.5 Å². The number of para-hydroxylation sites is 1. The summed E-state index contributed by atoms with van der Waals surface area (Å²) >= 11 is 0. The van der Waals surface area contributed by atoms with Crippen molar-refractivity contribution < 1.29 is 14.2 Å². The first kappa shape index (κ1) is 18.0. The van der Waals surface area contributed by atoms with Crippen LogP contribution in [0.25, 0.3) is 0 Å². The molecule has 1 unspecified atom stereocenters. The van der Waals surface area contributed by atoms with Gasteiger partial charge in [0, 0.05) is 12.2 Å². The van der Waals surface area contributed by atoms with Crippen molar-refractivity contribution in [3.05, 3.63) is 29.8 Å². The molecule has 0 aromatic heterocycles. The van der Waals surface area contributed by atoms with Gasteiger partial charge >= 0.3 is 0 Å². The molecule has 0 aliphatic carbocycles. The van der Waals surface area contributed by atoms with E-state index in [1.165, 1.54) is 0 Å². The van der Waals surface area contributed by atoms with E-state index in [0.717, 1.165) is 30.8 Å². The van der Waals surface area contributed by atoms with Crippen LogP contribution in [-0.2, 0) is 9.47 Å². The second-order valence-electron chi connectivity index (χ2n) is 4.85. The second-order valence-corrected chi connectivity index (χ2v) is 4.85. The summed E-state index contributed by atoms with van der Waals surface area (Å²) in [5.41, 5.74) is 1.13. The minimum absolute atomic E-state index is 0.128. The number of nitrogens with one attached hydrogen (secondary N) is 1. The Morgan fingerprint density at radius 2 is 1.81 bits per heavy atom. The van der Waals surface area contributed by atoms with Gasteiger partial charge in [-0.15, -0.1) is 0 Å². The monoisotopic (exact) mass is 295 g/mol. The molecule has 0 bridgehead atoms. The molecule has 1 aromatic carbocycles. The number of likely N-dealkylation sites (N-methyl/N-ethyl adjacent to an activating group) is 1. The van der Waals surface area contributed by atoms with Crippen LogP contribution in [0.15, 0.2) is 24.3 Å². The average molecular weight is 295 g/mol. The molecular formula is C17H29NO3. The highest BCUT2D eigenvalue weighted by Crippen LogP contribution is 2.25. The van der Waals surface area contributed by atoms with E-state index in [9.17, 15) is 0 Å². The highest BCUT2D eigenvalue weighted by molar-refractivity contribution is 5.36. The summed E-state index contributed by atoms with van der Waals surface area (Å²) in [6, 6.07) is 8.22. The Bertz CT molecular complexity index is 371. The van der Waals surface area contributed by atoms with E-state index < -0.39 is 0 Å². The van der Waals surface area contributed by atoms with Gasteiger partial charge in [0.2, 0.25) is 0 Å². The predicted octanol–water partition coefficient (Wildman–Crippen LogP) is 3.18. The Morgan fingerprint density at radius 1 is 1.05 bits per heavy atom. The minimum atomic E-state index is 0.128. The summed E-state index contributed by atoms with van der Waals surface area (Å²) in [5.74, 6) is 0.919. The van der Waals surface area contributed by atoms with Crippen LogP contribution in [0.5, 0.6) is 5.75 Å². The van der Waals surface area contributed by atoms with Crippen molar-refractivity contribution in [2.75, 3.05) is 40.1 Å². The molecule has 0 saturated heterocycles. The lowest BCUT2D eigenvalue weighted by atomic mass is 10.1. The third-order valence-corrected chi connectivity index (χ3v) is 3.24. The first-order valence-corrected chi connectivity index (χ1v) is 7.87. The van der Waals surface area contributed by atoms with Gasteiger partial charge < -0.3 is 19.5 Å². The molecule has 4 heteroatoms. The summed E-state index contributed by atoms with van der Waals surface area (Å²) in [7, 11) is 1.94. The zero-order valence-corrected chi connectivity index (χ0v) is 13.6. The van der Waals surface area contributed by atoms with Crippen molar-refractivity contribution in [3.63, 3.8) is 0 Å². The zero-order chi connectivity index (χ0) is 15.3.